The van der Waals surface area contributed by atoms with Crippen molar-refractivity contribution in [1.82, 2.24) is 5.32 Å². The van der Waals surface area contributed by atoms with E-state index in [-0.39, 0.29) is 11.4 Å². The number of rotatable bonds is 7. The lowest BCUT2D eigenvalue weighted by atomic mass is 9.75. The monoisotopic (exact) mass is 255 g/mol. The van der Waals surface area contributed by atoms with Crippen molar-refractivity contribution in [3.05, 3.63) is 0 Å². The molecule has 18 heavy (non-hydrogen) atoms. The Kier molecular flexibility index (Phi) is 6.69. The molecule has 1 atom stereocenters. The molecule has 0 saturated carbocycles. The third-order valence-electron chi connectivity index (χ3n) is 4.07. The van der Waals surface area contributed by atoms with Crippen molar-refractivity contribution < 1.29 is 9.53 Å². The van der Waals surface area contributed by atoms with Gasteiger partial charge in [-0.2, -0.15) is 0 Å². The first-order chi connectivity index (χ1) is 8.59. The molecule has 0 aliphatic carbocycles. The fourth-order valence-corrected chi connectivity index (χ4v) is 2.51. The summed E-state index contributed by atoms with van der Waals surface area (Å²) in [6.07, 6.45) is 6.90. The Bertz CT molecular complexity index is 245. The first-order valence-electron chi connectivity index (χ1n) is 7.47. The molecule has 0 amide bonds. The number of ether oxygens (including phenoxy) is 1. The van der Waals surface area contributed by atoms with Gasteiger partial charge in [-0.25, -0.2) is 0 Å². The zero-order valence-corrected chi connectivity index (χ0v) is 12.3. The Morgan fingerprint density at radius 2 is 2.11 bits per heavy atom. The second-order valence-electron chi connectivity index (χ2n) is 5.96. The van der Waals surface area contributed by atoms with Gasteiger partial charge in [-0.1, -0.05) is 26.2 Å². The van der Waals surface area contributed by atoms with Gasteiger partial charge >= 0.3 is 5.97 Å². The number of carbonyl (C=O) groups excluding carboxylic acids is 1. The Balaban J connectivity index is 2.29. The van der Waals surface area contributed by atoms with Gasteiger partial charge in [0.25, 0.3) is 0 Å². The Labute approximate surface area is 112 Å². The van der Waals surface area contributed by atoms with E-state index >= 15 is 0 Å². The highest BCUT2D eigenvalue weighted by molar-refractivity contribution is 5.76. The molecule has 1 saturated heterocycles. The molecule has 1 fully saturated rings. The highest BCUT2D eigenvalue weighted by Crippen LogP contribution is 2.33. The third-order valence-corrected chi connectivity index (χ3v) is 4.07. The van der Waals surface area contributed by atoms with Gasteiger partial charge in [0.2, 0.25) is 0 Å². The van der Waals surface area contributed by atoms with Crippen LogP contribution in [0.15, 0.2) is 0 Å². The van der Waals surface area contributed by atoms with Crippen LogP contribution in [0.4, 0.5) is 0 Å². The van der Waals surface area contributed by atoms with Gasteiger partial charge in [0.05, 0.1) is 12.0 Å². The van der Waals surface area contributed by atoms with E-state index in [1.165, 1.54) is 12.8 Å². The summed E-state index contributed by atoms with van der Waals surface area (Å²) in [4.78, 5) is 12.1. The molecule has 0 radical (unpaired) electrons. The SMILES string of the molecule is CCCCCCOC(=O)C(C)(C)C1CCCNC1. The van der Waals surface area contributed by atoms with Crippen molar-refractivity contribution in [3.8, 4) is 0 Å². The van der Waals surface area contributed by atoms with E-state index in [1.807, 2.05) is 13.8 Å². The highest BCUT2D eigenvalue weighted by atomic mass is 16.5. The van der Waals surface area contributed by atoms with E-state index in [9.17, 15) is 4.79 Å². The largest absolute Gasteiger partial charge is 0.465 e. The van der Waals surface area contributed by atoms with Crippen molar-refractivity contribution in [3.63, 3.8) is 0 Å². The normalized spacial score (nSPS) is 20.7. The van der Waals surface area contributed by atoms with Gasteiger partial charge < -0.3 is 10.1 Å². The van der Waals surface area contributed by atoms with Crippen LogP contribution in [0, 0.1) is 11.3 Å². The first-order valence-corrected chi connectivity index (χ1v) is 7.47. The summed E-state index contributed by atoms with van der Waals surface area (Å²) in [5, 5.41) is 3.37. The molecule has 3 heteroatoms. The van der Waals surface area contributed by atoms with Crippen LogP contribution in [-0.2, 0) is 9.53 Å². The van der Waals surface area contributed by atoms with E-state index in [1.54, 1.807) is 0 Å². The molecule has 3 nitrogen and oxygen atoms in total. The fourth-order valence-electron chi connectivity index (χ4n) is 2.51. The lowest BCUT2D eigenvalue weighted by molar-refractivity contribution is -0.157. The smallest absolute Gasteiger partial charge is 0.311 e. The zero-order chi connectivity index (χ0) is 13.4. The standard InChI is InChI=1S/C15H29NO2/c1-4-5-6-7-11-18-14(17)15(2,3)13-9-8-10-16-12-13/h13,16H,4-12H2,1-3H3. The van der Waals surface area contributed by atoms with Crippen molar-refractivity contribution >= 4 is 5.97 Å². The van der Waals surface area contributed by atoms with Gasteiger partial charge in [0.1, 0.15) is 0 Å². The second-order valence-corrected chi connectivity index (χ2v) is 5.96. The van der Waals surface area contributed by atoms with Crippen LogP contribution in [0.25, 0.3) is 0 Å². The number of hydrogen-bond acceptors (Lipinski definition) is 3. The van der Waals surface area contributed by atoms with Crippen LogP contribution < -0.4 is 5.32 Å². The number of esters is 1. The number of carbonyl (C=O) groups is 1. The number of nitrogens with one attached hydrogen (secondary N) is 1. The van der Waals surface area contributed by atoms with Crippen LogP contribution in [0.1, 0.15) is 59.3 Å². The fraction of sp³-hybridized carbons (Fsp3) is 0.933. The van der Waals surface area contributed by atoms with Crippen LogP contribution in [-0.4, -0.2) is 25.7 Å². The quantitative estimate of drug-likeness (QED) is 0.561. The number of hydrogen-bond donors (Lipinski definition) is 1. The Morgan fingerprint density at radius 1 is 1.33 bits per heavy atom. The van der Waals surface area contributed by atoms with Gasteiger partial charge in [0.15, 0.2) is 0 Å². The van der Waals surface area contributed by atoms with E-state index in [0.717, 1.165) is 38.8 Å². The second kappa shape index (κ2) is 7.78. The predicted octanol–water partition coefficient (Wildman–Crippen LogP) is 3.14. The minimum atomic E-state index is -0.349. The Morgan fingerprint density at radius 3 is 2.72 bits per heavy atom. The average molecular weight is 255 g/mol. The number of piperidine rings is 1. The lowest BCUT2D eigenvalue weighted by Crippen LogP contribution is -2.43. The molecule has 0 aromatic heterocycles. The minimum Gasteiger partial charge on any atom is -0.465 e. The molecule has 0 aromatic rings. The van der Waals surface area contributed by atoms with Crippen molar-refractivity contribution in [1.29, 1.82) is 0 Å². The molecule has 0 spiro atoms. The predicted molar refractivity (Wildman–Crippen MR) is 74.5 cm³/mol. The maximum atomic E-state index is 12.1. The molecule has 0 aromatic carbocycles. The molecule has 1 heterocycles. The molecule has 1 aliphatic rings. The molecule has 1 unspecified atom stereocenters. The molecular formula is C15H29NO2. The van der Waals surface area contributed by atoms with Crippen molar-refractivity contribution in [2.75, 3.05) is 19.7 Å². The van der Waals surface area contributed by atoms with Crippen molar-refractivity contribution in [2.45, 2.75) is 59.3 Å². The van der Waals surface area contributed by atoms with E-state index in [4.69, 9.17) is 4.74 Å². The summed E-state index contributed by atoms with van der Waals surface area (Å²) in [6, 6.07) is 0. The summed E-state index contributed by atoms with van der Waals surface area (Å²) in [6.45, 7) is 8.85. The van der Waals surface area contributed by atoms with Crippen LogP contribution in [0.2, 0.25) is 0 Å². The van der Waals surface area contributed by atoms with E-state index in [2.05, 4.69) is 12.2 Å². The summed E-state index contributed by atoms with van der Waals surface area (Å²) in [5.41, 5.74) is -0.349. The molecule has 1 N–H and O–H groups in total. The molecule has 1 aliphatic heterocycles. The highest BCUT2D eigenvalue weighted by Gasteiger charge is 2.38. The summed E-state index contributed by atoms with van der Waals surface area (Å²) in [5.74, 6) is 0.391. The molecule has 0 bridgehead atoms. The molecular weight excluding hydrogens is 226 g/mol. The Hall–Kier alpha value is -0.570. The van der Waals surface area contributed by atoms with Gasteiger partial charge in [-0.3, -0.25) is 4.79 Å². The first kappa shape index (κ1) is 15.5. The van der Waals surface area contributed by atoms with Crippen LogP contribution in [0.3, 0.4) is 0 Å². The average Bonchev–Trinajstić information content (AvgIpc) is 2.39. The summed E-state index contributed by atoms with van der Waals surface area (Å²) < 4.78 is 5.44. The minimum absolute atomic E-state index is 0.0206. The molecule has 106 valence electrons. The van der Waals surface area contributed by atoms with Crippen LogP contribution >= 0.6 is 0 Å². The van der Waals surface area contributed by atoms with E-state index in [0.29, 0.717) is 12.5 Å². The lowest BCUT2D eigenvalue weighted by Gasteiger charge is -2.35. The maximum absolute atomic E-state index is 12.1. The van der Waals surface area contributed by atoms with Gasteiger partial charge in [-0.15, -0.1) is 0 Å². The van der Waals surface area contributed by atoms with E-state index < -0.39 is 0 Å². The van der Waals surface area contributed by atoms with Gasteiger partial charge in [0, 0.05) is 0 Å². The van der Waals surface area contributed by atoms with Gasteiger partial charge in [-0.05, 0) is 52.1 Å². The van der Waals surface area contributed by atoms with Crippen LogP contribution in [0.5, 0.6) is 0 Å². The maximum Gasteiger partial charge on any atom is 0.311 e. The zero-order valence-electron chi connectivity index (χ0n) is 12.3. The summed E-state index contributed by atoms with van der Waals surface area (Å²) >= 11 is 0. The third kappa shape index (κ3) is 4.60. The molecule has 1 rings (SSSR count). The van der Waals surface area contributed by atoms with Crippen molar-refractivity contribution in [2.24, 2.45) is 11.3 Å². The summed E-state index contributed by atoms with van der Waals surface area (Å²) in [7, 11) is 0. The number of unbranched alkanes of at least 4 members (excludes halogenated alkanes) is 3. The topological polar surface area (TPSA) is 38.3 Å².